The molecule has 3 rings (SSSR count). The summed E-state index contributed by atoms with van der Waals surface area (Å²) in [6.45, 7) is 12.2. The second-order valence-electron chi connectivity index (χ2n) is 11.4. The first-order valence-corrected chi connectivity index (χ1v) is 14.1. The van der Waals surface area contributed by atoms with Gasteiger partial charge in [-0.1, -0.05) is 34.1 Å². The molecular formula is C28H42N2O6S. The molecule has 0 aromatic carbocycles. The van der Waals surface area contributed by atoms with Crippen LogP contribution in [0.15, 0.2) is 11.0 Å². The van der Waals surface area contributed by atoms with Crippen molar-refractivity contribution in [1.82, 2.24) is 9.88 Å². The summed E-state index contributed by atoms with van der Waals surface area (Å²) >= 11 is 1.53. The minimum Gasteiger partial charge on any atom is -0.458 e. The maximum atomic E-state index is 13.3. The smallest absolute Gasteiger partial charge is 0.309 e. The van der Waals surface area contributed by atoms with Crippen LogP contribution in [0.2, 0.25) is 0 Å². The van der Waals surface area contributed by atoms with Gasteiger partial charge in [-0.25, -0.2) is 4.98 Å². The Balaban J connectivity index is 1.90. The number of carbonyl (C=O) groups is 3. The molecule has 9 heteroatoms. The van der Waals surface area contributed by atoms with E-state index < -0.39 is 35.6 Å². The van der Waals surface area contributed by atoms with Gasteiger partial charge in [0.25, 0.3) is 0 Å². The van der Waals surface area contributed by atoms with Crippen molar-refractivity contribution in [3.05, 3.63) is 21.7 Å². The van der Waals surface area contributed by atoms with Gasteiger partial charge in [0.1, 0.15) is 11.9 Å². The Morgan fingerprint density at radius 2 is 1.86 bits per heavy atom. The lowest BCUT2D eigenvalue weighted by atomic mass is 9.73. The van der Waals surface area contributed by atoms with Crippen LogP contribution in [0.1, 0.15) is 84.3 Å². The molecule has 1 amide bonds. The number of Topliss-reactive ketones (excluding diaryl/α,β-unsaturated/α-hetero) is 1. The normalized spacial score (nSPS) is 34.0. The summed E-state index contributed by atoms with van der Waals surface area (Å²) < 4.78 is 5.89. The van der Waals surface area contributed by atoms with Crippen LogP contribution in [0.5, 0.6) is 0 Å². The maximum absolute atomic E-state index is 13.3. The number of carbonyl (C=O) groups excluding carboxylic acids is 3. The van der Waals surface area contributed by atoms with E-state index >= 15 is 0 Å². The molecule has 7 atom stereocenters. The molecule has 2 aliphatic rings. The zero-order valence-electron chi connectivity index (χ0n) is 23.1. The standard InChI is InChI=1S/C28H42N2O6S/c1-15-9-8-10-21-22(30(21)19(5)31)12-23(16(2)11-20-14-37-18(4)29-20)36-25(33)13-24(32)28(6,7)27(35)17(3)26(15)34/h11,14-15,17,21-24,26,32,34H,8-10,12-13H2,1-7H3/t15-,17-,21+,22-,23-,24-,26-,30?/m0/s1. The Labute approximate surface area is 224 Å². The van der Waals surface area contributed by atoms with E-state index in [0.717, 1.165) is 35.5 Å². The van der Waals surface area contributed by atoms with E-state index in [1.807, 2.05) is 37.1 Å². The Hall–Kier alpha value is -2.10. The highest BCUT2D eigenvalue weighted by atomic mass is 32.1. The predicted octanol–water partition coefficient (Wildman–Crippen LogP) is 3.92. The summed E-state index contributed by atoms with van der Waals surface area (Å²) in [6.07, 6.45) is 1.58. The van der Waals surface area contributed by atoms with Gasteiger partial charge in [0, 0.05) is 24.6 Å². The number of aromatic nitrogens is 1. The average Bonchev–Trinajstić information content (AvgIpc) is 3.35. The van der Waals surface area contributed by atoms with Crippen LogP contribution in [0, 0.1) is 24.2 Å². The van der Waals surface area contributed by atoms with Crippen molar-refractivity contribution in [1.29, 1.82) is 0 Å². The molecule has 0 unspecified atom stereocenters. The average molecular weight is 535 g/mol. The van der Waals surface area contributed by atoms with Crippen LogP contribution < -0.4 is 0 Å². The molecule has 2 aliphatic heterocycles. The molecule has 3 heterocycles. The molecule has 0 radical (unpaired) electrons. The molecule has 2 fully saturated rings. The number of esters is 1. The molecule has 37 heavy (non-hydrogen) atoms. The first-order valence-electron chi connectivity index (χ1n) is 13.2. The van der Waals surface area contributed by atoms with Crippen LogP contribution in [-0.2, 0) is 19.1 Å². The monoisotopic (exact) mass is 534 g/mol. The fraction of sp³-hybridized carbons (Fsp3) is 0.714. The second-order valence-corrected chi connectivity index (χ2v) is 12.5. The van der Waals surface area contributed by atoms with Gasteiger partial charge in [-0.05, 0) is 44.3 Å². The summed E-state index contributed by atoms with van der Waals surface area (Å²) in [7, 11) is 0. The number of amides is 1. The van der Waals surface area contributed by atoms with Crippen LogP contribution in [-0.4, -0.2) is 68.2 Å². The highest BCUT2D eigenvalue weighted by molar-refractivity contribution is 7.09. The zero-order chi connectivity index (χ0) is 27.7. The summed E-state index contributed by atoms with van der Waals surface area (Å²) in [5.41, 5.74) is 0.359. The third-order valence-corrected chi connectivity index (χ3v) is 8.97. The fourth-order valence-corrected chi connectivity index (χ4v) is 6.13. The number of aryl methyl sites for hydroxylation is 1. The Bertz CT molecular complexity index is 1030. The molecule has 0 aliphatic carbocycles. The number of thiazole rings is 1. The molecule has 2 saturated heterocycles. The van der Waals surface area contributed by atoms with Crippen LogP contribution in [0.3, 0.4) is 0 Å². The lowest BCUT2D eigenvalue weighted by molar-refractivity contribution is -0.154. The predicted molar refractivity (Wildman–Crippen MR) is 143 cm³/mol. The zero-order valence-corrected chi connectivity index (χ0v) is 23.9. The molecule has 2 N–H and O–H groups in total. The van der Waals surface area contributed by atoms with Gasteiger partial charge in [0.2, 0.25) is 5.91 Å². The van der Waals surface area contributed by atoms with Crippen molar-refractivity contribution in [3.63, 3.8) is 0 Å². The first kappa shape index (κ1) is 29.5. The van der Waals surface area contributed by atoms with E-state index in [-0.39, 0.29) is 36.1 Å². The third-order valence-electron chi connectivity index (χ3n) is 8.18. The van der Waals surface area contributed by atoms with Crippen molar-refractivity contribution in [3.8, 4) is 0 Å². The van der Waals surface area contributed by atoms with Crippen molar-refractivity contribution < 1.29 is 29.3 Å². The SMILES string of the molecule is CC(=O)N1[C@@H]2CCC[C@H](C)[C@H](O)[C@H](C)C(=O)C(C)(C)[C@@H](O)CC(=O)O[C@H](C(C)=Cc3csc(C)n3)C[C@@H]21. The molecule has 206 valence electrons. The largest absolute Gasteiger partial charge is 0.458 e. The number of cyclic esters (lactones) is 1. The molecule has 8 nitrogen and oxygen atoms in total. The van der Waals surface area contributed by atoms with Gasteiger partial charge in [-0.2, -0.15) is 0 Å². The first-order chi connectivity index (χ1) is 17.2. The number of rotatable bonds is 2. The fourth-order valence-electron chi connectivity index (χ4n) is 5.56. The number of ketones is 1. The quantitative estimate of drug-likeness (QED) is 0.436. The lowest BCUT2D eigenvalue weighted by Gasteiger charge is -2.34. The van der Waals surface area contributed by atoms with Gasteiger partial charge in [0.05, 0.1) is 46.8 Å². The molecule has 0 spiro atoms. The van der Waals surface area contributed by atoms with Gasteiger partial charge in [-0.3, -0.25) is 14.4 Å². The Morgan fingerprint density at radius 1 is 1.19 bits per heavy atom. The summed E-state index contributed by atoms with van der Waals surface area (Å²) in [5.74, 6) is -1.71. The lowest BCUT2D eigenvalue weighted by Crippen LogP contribution is -2.45. The molecule has 1 aromatic rings. The number of hydrogen-bond acceptors (Lipinski definition) is 8. The van der Waals surface area contributed by atoms with E-state index in [2.05, 4.69) is 4.98 Å². The molecular weight excluding hydrogens is 492 g/mol. The van der Waals surface area contributed by atoms with Crippen LogP contribution in [0.4, 0.5) is 0 Å². The van der Waals surface area contributed by atoms with Gasteiger partial charge >= 0.3 is 5.97 Å². The van der Waals surface area contributed by atoms with E-state index in [0.29, 0.717) is 6.42 Å². The van der Waals surface area contributed by atoms with Crippen molar-refractivity contribution in [2.75, 3.05) is 0 Å². The molecule has 0 saturated carbocycles. The number of fused-ring (bicyclic) bond motifs is 1. The van der Waals surface area contributed by atoms with Gasteiger partial charge < -0.3 is 19.8 Å². The number of nitrogens with zero attached hydrogens (tertiary/aromatic N) is 2. The minimum absolute atomic E-state index is 0.0146. The van der Waals surface area contributed by atoms with Crippen LogP contribution >= 0.6 is 11.3 Å². The number of hydrogen-bond donors (Lipinski definition) is 2. The van der Waals surface area contributed by atoms with E-state index in [4.69, 9.17) is 4.74 Å². The summed E-state index contributed by atoms with van der Waals surface area (Å²) in [6, 6.07) is -0.000307. The highest BCUT2D eigenvalue weighted by Gasteiger charge is 2.50. The maximum Gasteiger partial charge on any atom is 0.309 e. The van der Waals surface area contributed by atoms with E-state index in [1.54, 1.807) is 27.7 Å². The number of aliphatic hydroxyl groups excluding tert-OH is 2. The van der Waals surface area contributed by atoms with Crippen LogP contribution in [0.25, 0.3) is 6.08 Å². The van der Waals surface area contributed by atoms with Crippen molar-refractivity contribution >= 4 is 35.1 Å². The van der Waals surface area contributed by atoms with E-state index in [9.17, 15) is 24.6 Å². The Morgan fingerprint density at radius 3 is 2.46 bits per heavy atom. The molecule has 0 bridgehead atoms. The topological polar surface area (TPSA) is 117 Å². The molecule has 1 aromatic heterocycles. The number of ether oxygens (including phenoxy) is 1. The minimum atomic E-state index is -1.26. The van der Waals surface area contributed by atoms with Crippen molar-refractivity contribution in [2.24, 2.45) is 17.3 Å². The summed E-state index contributed by atoms with van der Waals surface area (Å²) in [4.78, 5) is 44.9. The summed E-state index contributed by atoms with van der Waals surface area (Å²) in [5, 5.41) is 24.6. The third kappa shape index (κ3) is 6.86. The number of aliphatic hydroxyl groups is 2. The second kappa shape index (κ2) is 11.7. The Kier molecular flexibility index (Phi) is 9.35. The van der Waals surface area contributed by atoms with Gasteiger partial charge in [0.15, 0.2) is 0 Å². The van der Waals surface area contributed by atoms with Crippen molar-refractivity contribution in [2.45, 2.75) is 111 Å². The van der Waals surface area contributed by atoms with Gasteiger partial charge in [-0.15, -0.1) is 11.3 Å². The van der Waals surface area contributed by atoms with E-state index in [1.165, 1.54) is 11.3 Å². The highest BCUT2D eigenvalue weighted by Crippen LogP contribution is 2.39.